The number of halogens is 3. The summed E-state index contributed by atoms with van der Waals surface area (Å²) in [4.78, 5) is 10.6. The Labute approximate surface area is 90.0 Å². The fourth-order valence-electron chi connectivity index (χ4n) is 1.13. The van der Waals surface area contributed by atoms with Gasteiger partial charge in [0, 0.05) is 6.92 Å². The van der Waals surface area contributed by atoms with Gasteiger partial charge in [0.15, 0.2) is 0 Å². The van der Waals surface area contributed by atoms with Crippen LogP contribution in [0.1, 0.15) is 18.5 Å². The second kappa shape index (κ2) is 4.52. The molecule has 0 spiro atoms. The zero-order valence-corrected chi connectivity index (χ0v) is 8.41. The van der Waals surface area contributed by atoms with E-state index in [0.717, 1.165) is 13.0 Å². The highest BCUT2D eigenvalue weighted by molar-refractivity contribution is 5.69. The Morgan fingerprint density at radius 3 is 2.56 bits per heavy atom. The largest absolute Gasteiger partial charge is 0.427 e. The molecule has 16 heavy (non-hydrogen) atoms. The first-order valence-electron chi connectivity index (χ1n) is 4.41. The van der Waals surface area contributed by atoms with Crippen molar-refractivity contribution in [3.63, 3.8) is 0 Å². The Morgan fingerprint density at radius 1 is 1.44 bits per heavy atom. The number of carbonyl (C=O) groups excluding carboxylic acids is 1. The van der Waals surface area contributed by atoms with Gasteiger partial charge in [-0.1, -0.05) is 12.1 Å². The second-order valence-electron chi connectivity index (χ2n) is 3.19. The summed E-state index contributed by atoms with van der Waals surface area (Å²) in [5, 5.41) is 0. The van der Waals surface area contributed by atoms with Crippen molar-refractivity contribution in [3.8, 4) is 5.75 Å². The number of rotatable bonds is 2. The first-order valence-corrected chi connectivity index (χ1v) is 4.41. The van der Waals surface area contributed by atoms with E-state index in [1.807, 2.05) is 0 Å². The predicted octanol–water partition coefficient (Wildman–Crippen LogP) is 2.17. The van der Waals surface area contributed by atoms with E-state index >= 15 is 0 Å². The van der Waals surface area contributed by atoms with Crippen LogP contribution in [0.2, 0.25) is 0 Å². The average Bonchev–Trinajstić information content (AvgIpc) is 2.14. The van der Waals surface area contributed by atoms with Crippen LogP contribution in [0.15, 0.2) is 24.3 Å². The molecule has 0 unspecified atom stereocenters. The molecule has 0 fully saturated rings. The maximum Gasteiger partial charge on any atom is 0.407 e. The van der Waals surface area contributed by atoms with Crippen LogP contribution in [0.4, 0.5) is 13.2 Å². The zero-order chi connectivity index (χ0) is 12.3. The van der Waals surface area contributed by atoms with E-state index in [4.69, 9.17) is 5.73 Å². The smallest absolute Gasteiger partial charge is 0.407 e. The van der Waals surface area contributed by atoms with Crippen molar-refractivity contribution in [1.29, 1.82) is 0 Å². The summed E-state index contributed by atoms with van der Waals surface area (Å²) in [6, 6.07) is 2.97. The van der Waals surface area contributed by atoms with E-state index in [1.165, 1.54) is 18.2 Å². The molecular formula is C10H10F3NO2. The number of nitrogens with two attached hydrogens (primary N) is 1. The molecule has 1 atom stereocenters. The van der Waals surface area contributed by atoms with Crippen LogP contribution < -0.4 is 10.5 Å². The third kappa shape index (κ3) is 3.23. The number of ether oxygens (including phenoxy) is 1. The fraction of sp³-hybridized carbons (Fsp3) is 0.300. The highest BCUT2D eigenvalue weighted by Crippen LogP contribution is 2.31. The second-order valence-corrected chi connectivity index (χ2v) is 3.19. The zero-order valence-electron chi connectivity index (χ0n) is 8.41. The van der Waals surface area contributed by atoms with Crippen LogP contribution >= 0.6 is 0 Å². The molecule has 0 aliphatic rings. The quantitative estimate of drug-likeness (QED) is 0.629. The van der Waals surface area contributed by atoms with Gasteiger partial charge in [-0.15, -0.1) is 0 Å². The summed E-state index contributed by atoms with van der Waals surface area (Å²) >= 11 is 0. The van der Waals surface area contributed by atoms with Crippen molar-refractivity contribution in [3.05, 3.63) is 29.8 Å². The van der Waals surface area contributed by atoms with Crippen molar-refractivity contribution in [2.45, 2.75) is 19.1 Å². The lowest BCUT2D eigenvalue weighted by molar-refractivity contribution is -0.149. The number of benzene rings is 1. The first kappa shape index (κ1) is 12.5. The lowest BCUT2D eigenvalue weighted by Crippen LogP contribution is -2.28. The van der Waals surface area contributed by atoms with Crippen LogP contribution in [0, 0.1) is 0 Å². The molecule has 0 aliphatic carbocycles. The van der Waals surface area contributed by atoms with Gasteiger partial charge in [0.2, 0.25) is 0 Å². The van der Waals surface area contributed by atoms with E-state index < -0.39 is 18.2 Å². The standard InChI is InChI=1S/C10H10F3NO2/c1-6(15)16-8-4-2-3-7(5-8)9(14)10(11,12)13/h2-5,9H,14H2,1H3/t9-/m0/s1. The van der Waals surface area contributed by atoms with Gasteiger partial charge in [-0.2, -0.15) is 13.2 Å². The Balaban J connectivity index is 2.94. The first-order chi connectivity index (χ1) is 7.30. The van der Waals surface area contributed by atoms with Crippen LogP contribution in [-0.4, -0.2) is 12.1 Å². The Bertz CT molecular complexity index is 390. The highest BCUT2D eigenvalue weighted by Gasteiger charge is 2.37. The molecule has 0 aliphatic heterocycles. The molecule has 1 rings (SSSR count). The van der Waals surface area contributed by atoms with Gasteiger partial charge in [0.05, 0.1) is 0 Å². The molecule has 0 heterocycles. The minimum absolute atomic E-state index is 0.0460. The summed E-state index contributed by atoms with van der Waals surface area (Å²) in [5.41, 5.74) is 4.86. The van der Waals surface area contributed by atoms with Gasteiger partial charge < -0.3 is 10.5 Å². The van der Waals surface area contributed by atoms with Crippen molar-refractivity contribution in [2.24, 2.45) is 5.73 Å². The highest BCUT2D eigenvalue weighted by atomic mass is 19.4. The molecule has 6 heteroatoms. The molecule has 0 radical (unpaired) electrons. The maximum absolute atomic E-state index is 12.3. The van der Waals surface area contributed by atoms with E-state index in [-0.39, 0.29) is 11.3 Å². The minimum Gasteiger partial charge on any atom is -0.427 e. The topological polar surface area (TPSA) is 52.3 Å². The van der Waals surface area contributed by atoms with E-state index in [1.54, 1.807) is 0 Å². The molecule has 0 amide bonds. The van der Waals surface area contributed by atoms with E-state index in [0.29, 0.717) is 0 Å². The average molecular weight is 233 g/mol. The van der Waals surface area contributed by atoms with E-state index in [9.17, 15) is 18.0 Å². The molecule has 2 N–H and O–H groups in total. The predicted molar refractivity (Wildman–Crippen MR) is 50.7 cm³/mol. The molecule has 0 saturated carbocycles. The monoisotopic (exact) mass is 233 g/mol. The van der Waals surface area contributed by atoms with Gasteiger partial charge in [-0.3, -0.25) is 4.79 Å². The van der Waals surface area contributed by atoms with Gasteiger partial charge >= 0.3 is 12.1 Å². The molecule has 1 aromatic rings. The molecule has 1 aromatic carbocycles. The minimum atomic E-state index is -4.52. The van der Waals surface area contributed by atoms with Gasteiger partial charge in [-0.05, 0) is 17.7 Å². The third-order valence-corrected chi connectivity index (χ3v) is 1.83. The lowest BCUT2D eigenvalue weighted by Gasteiger charge is -2.16. The van der Waals surface area contributed by atoms with Crippen LogP contribution in [-0.2, 0) is 4.79 Å². The Morgan fingerprint density at radius 2 is 2.06 bits per heavy atom. The van der Waals surface area contributed by atoms with Gasteiger partial charge in [0.25, 0.3) is 0 Å². The van der Waals surface area contributed by atoms with Crippen molar-refractivity contribution in [1.82, 2.24) is 0 Å². The number of carbonyl (C=O) groups is 1. The summed E-state index contributed by atoms with van der Waals surface area (Å²) < 4.78 is 41.5. The maximum atomic E-state index is 12.3. The number of hydrogen-bond donors (Lipinski definition) is 1. The summed E-state index contributed by atoms with van der Waals surface area (Å²) in [6.45, 7) is 1.16. The van der Waals surface area contributed by atoms with Gasteiger partial charge in [0.1, 0.15) is 11.8 Å². The molecule has 0 saturated heterocycles. The fourth-order valence-corrected chi connectivity index (χ4v) is 1.13. The van der Waals surface area contributed by atoms with Crippen LogP contribution in [0.25, 0.3) is 0 Å². The molecule has 88 valence electrons. The van der Waals surface area contributed by atoms with Gasteiger partial charge in [-0.25, -0.2) is 0 Å². The van der Waals surface area contributed by atoms with Crippen molar-refractivity contribution in [2.75, 3.05) is 0 Å². The number of esters is 1. The van der Waals surface area contributed by atoms with E-state index in [2.05, 4.69) is 4.74 Å². The third-order valence-electron chi connectivity index (χ3n) is 1.83. The molecule has 3 nitrogen and oxygen atoms in total. The van der Waals surface area contributed by atoms with Crippen molar-refractivity contribution >= 4 is 5.97 Å². The summed E-state index contributed by atoms with van der Waals surface area (Å²) in [5.74, 6) is -0.553. The molecule has 0 bridgehead atoms. The number of hydrogen-bond acceptors (Lipinski definition) is 3. The summed E-state index contributed by atoms with van der Waals surface area (Å²) in [7, 11) is 0. The lowest BCUT2D eigenvalue weighted by atomic mass is 10.1. The SMILES string of the molecule is CC(=O)Oc1cccc([C@H](N)C(F)(F)F)c1. The van der Waals surface area contributed by atoms with Crippen LogP contribution in [0.5, 0.6) is 5.75 Å². The Kier molecular flexibility index (Phi) is 3.54. The number of alkyl halides is 3. The molecule has 0 aromatic heterocycles. The Hall–Kier alpha value is -1.56. The molecular weight excluding hydrogens is 223 g/mol. The van der Waals surface area contributed by atoms with Crippen molar-refractivity contribution < 1.29 is 22.7 Å². The van der Waals surface area contributed by atoms with Crippen LogP contribution in [0.3, 0.4) is 0 Å². The summed E-state index contributed by atoms with van der Waals surface area (Å²) in [6.07, 6.45) is -4.52. The normalized spacial score (nSPS) is 13.3.